The second-order valence-electron chi connectivity index (χ2n) is 2.48. The maximum Gasteiger partial charge on any atom is 0.158 e. The quantitative estimate of drug-likeness (QED) is 0.675. The summed E-state index contributed by atoms with van der Waals surface area (Å²) in [5, 5.41) is 9.95. The third kappa shape index (κ3) is 0.845. The molecule has 0 bridgehead atoms. The normalized spacial score (nSPS) is 10.5. The van der Waals surface area contributed by atoms with E-state index in [-0.39, 0.29) is 5.82 Å². The number of fused-ring (bicyclic) bond motifs is 1. The highest BCUT2D eigenvalue weighted by atomic mass is 19.1. The predicted octanol–water partition coefficient (Wildman–Crippen LogP) is 1.74. The van der Waals surface area contributed by atoms with Gasteiger partial charge >= 0.3 is 0 Å². The Bertz CT molecular complexity index is 408. The molecule has 0 amide bonds. The average Bonchev–Trinajstić information content (AvgIpc) is 2.49. The predicted molar refractivity (Wildman–Crippen MR) is 45.6 cm³/mol. The van der Waals surface area contributed by atoms with Crippen molar-refractivity contribution in [1.29, 1.82) is 0 Å². The molecule has 3 nitrogen and oxygen atoms in total. The monoisotopic (exact) mass is 165 g/mol. The lowest BCUT2D eigenvalue weighted by Gasteiger charge is -1.94. The van der Waals surface area contributed by atoms with Gasteiger partial charge in [0, 0.05) is 7.05 Å². The Hall–Kier alpha value is -1.58. The molecule has 4 heteroatoms. The summed E-state index contributed by atoms with van der Waals surface area (Å²) in [5.41, 5.74) is 0.708. The number of nitrogens with one attached hydrogen (secondary N) is 2. The number of benzene rings is 1. The summed E-state index contributed by atoms with van der Waals surface area (Å²) in [7, 11) is 1.71. The van der Waals surface area contributed by atoms with Crippen molar-refractivity contribution in [3.8, 4) is 0 Å². The molecule has 0 radical (unpaired) electrons. The van der Waals surface area contributed by atoms with Crippen molar-refractivity contribution in [1.82, 2.24) is 10.2 Å². The first-order chi connectivity index (χ1) is 5.83. The van der Waals surface area contributed by atoms with E-state index in [4.69, 9.17) is 0 Å². The summed E-state index contributed by atoms with van der Waals surface area (Å²) in [4.78, 5) is 0. The number of halogens is 1. The summed E-state index contributed by atoms with van der Waals surface area (Å²) in [6, 6.07) is 4.85. The highest BCUT2D eigenvalue weighted by Crippen LogP contribution is 2.22. The SMILES string of the molecule is CNc1n[nH]c2cccc(F)c12. The number of rotatable bonds is 1. The van der Waals surface area contributed by atoms with Gasteiger partial charge in [-0.25, -0.2) is 4.39 Å². The van der Waals surface area contributed by atoms with Crippen LogP contribution in [0.3, 0.4) is 0 Å². The molecular formula is C8H8FN3. The fourth-order valence-electron chi connectivity index (χ4n) is 1.21. The van der Waals surface area contributed by atoms with E-state index in [1.54, 1.807) is 19.2 Å². The fraction of sp³-hybridized carbons (Fsp3) is 0.125. The van der Waals surface area contributed by atoms with Crippen molar-refractivity contribution in [2.75, 3.05) is 12.4 Å². The van der Waals surface area contributed by atoms with Gasteiger partial charge < -0.3 is 5.32 Å². The Kier molecular flexibility index (Phi) is 1.46. The van der Waals surface area contributed by atoms with Crippen LogP contribution in [-0.4, -0.2) is 17.2 Å². The maximum atomic E-state index is 13.2. The van der Waals surface area contributed by atoms with Crippen LogP contribution in [0.4, 0.5) is 10.2 Å². The van der Waals surface area contributed by atoms with E-state index >= 15 is 0 Å². The van der Waals surface area contributed by atoms with Crippen LogP contribution in [0.15, 0.2) is 18.2 Å². The van der Waals surface area contributed by atoms with Crippen molar-refractivity contribution >= 4 is 16.7 Å². The number of H-pyrrole nitrogens is 1. The van der Waals surface area contributed by atoms with Crippen molar-refractivity contribution in [2.24, 2.45) is 0 Å². The highest BCUT2D eigenvalue weighted by molar-refractivity contribution is 5.89. The minimum Gasteiger partial charge on any atom is -0.371 e. The van der Waals surface area contributed by atoms with Crippen LogP contribution < -0.4 is 5.32 Å². The molecule has 0 aliphatic rings. The molecule has 0 fully saturated rings. The smallest absolute Gasteiger partial charge is 0.158 e. The van der Waals surface area contributed by atoms with Crippen molar-refractivity contribution in [3.05, 3.63) is 24.0 Å². The van der Waals surface area contributed by atoms with Crippen molar-refractivity contribution < 1.29 is 4.39 Å². The number of aromatic nitrogens is 2. The van der Waals surface area contributed by atoms with E-state index in [2.05, 4.69) is 15.5 Å². The van der Waals surface area contributed by atoms with Crippen LogP contribution in [0.2, 0.25) is 0 Å². The van der Waals surface area contributed by atoms with Crippen molar-refractivity contribution in [3.63, 3.8) is 0 Å². The second-order valence-corrected chi connectivity index (χ2v) is 2.48. The summed E-state index contributed by atoms with van der Waals surface area (Å²) in [5.74, 6) is 0.286. The Morgan fingerprint density at radius 3 is 3.08 bits per heavy atom. The van der Waals surface area contributed by atoms with E-state index < -0.39 is 0 Å². The minimum absolute atomic E-state index is 0.259. The first-order valence-corrected chi connectivity index (χ1v) is 3.63. The molecule has 1 aromatic carbocycles. The molecule has 2 N–H and O–H groups in total. The van der Waals surface area contributed by atoms with Gasteiger partial charge in [0.15, 0.2) is 5.82 Å². The zero-order valence-corrected chi connectivity index (χ0v) is 6.56. The Balaban J connectivity index is 2.83. The molecule has 2 rings (SSSR count). The minimum atomic E-state index is -0.259. The van der Waals surface area contributed by atoms with E-state index in [0.717, 1.165) is 0 Å². The van der Waals surface area contributed by atoms with Gasteiger partial charge in [-0.1, -0.05) is 6.07 Å². The Morgan fingerprint density at radius 2 is 2.33 bits per heavy atom. The van der Waals surface area contributed by atoms with E-state index in [1.807, 2.05) is 0 Å². The number of anilines is 1. The zero-order chi connectivity index (χ0) is 8.55. The van der Waals surface area contributed by atoms with Crippen LogP contribution >= 0.6 is 0 Å². The first kappa shape index (κ1) is 7.09. The van der Waals surface area contributed by atoms with Crippen LogP contribution in [0.5, 0.6) is 0 Å². The lowest BCUT2D eigenvalue weighted by Crippen LogP contribution is -1.88. The molecule has 0 atom stereocenters. The second kappa shape index (κ2) is 2.48. The van der Waals surface area contributed by atoms with Gasteiger partial charge in [-0.2, -0.15) is 5.10 Å². The number of nitrogens with zero attached hydrogens (tertiary/aromatic N) is 1. The molecule has 2 aromatic rings. The number of hydrogen-bond donors (Lipinski definition) is 2. The Labute approximate surface area is 68.6 Å². The van der Waals surface area contributed by atoms with Gasteiger partial charge in [0.1, 0.15) is 5.82 Å². The first-order valence-electron chi connectivity index (χ1n) is 3.63. The maximum absolute atomic E-state index is 13.2. The summed E-state index contributed by atoms with van der Waals surface area (Å²) in [6.07, 6.45) is 0. The van der Waals surface area contributed by atoms with Gasteiger partial charge in [-0.15, -0.1) is 0 Å². The molecule has 0 aliphatic heterocycles. The van der Waals surface area contributed by atoms with Crippen LogP contribution in [0.1, 0.15) is 0 Å². The van der Waals surface area contributed by atoms with E-state index in [1.165, 1.54) is 6.07 Å². The molecule has 0 aliphatic carbocycles. The fourth-order valence-corrected chi connectivity index (χ4v) is 1.21. The zero-order valence-electron chi connectivity index (χ0n) is 6.56. The number of aromatic amines is 1. The molecule has 1 heterocycles. The van der Waals surface area contributed by atoms with Crippen LogP contribution in [-0.2, 0) is 0 Å². The van der Waals surface area contributed by atoms with E-state index in [9.17, 15) is 4.39 Å². The third-order valence-electron chi connectivity index (χ3n) is 1.78. The molecule has 0 saturated carbocycles. The summed E-state index contributed by atoms with van der Waals surface area (Å²) in [6.45, 7) is 0. The molecular weight excluding hydrogens is 157 g/mol. The molecule has 62 valence electrons. The van der Waals surface area contributed by atoms with Gasteiger partial charge in [0.25, 0.3) is 0 Å². The topological polar surface area (TPSA) is 40.7 Å². The molecule has 12 heavy (non-hydrogen) atoms. The lowest BCUT2D eigenvalue weighted by molar-refractivity contribution is 0.640. The van der Waals surface area contributed by atoms with Gasteiger partial charge in [-0.05, 0) is 12.1 Å². The van der Waals surface area contributed by atoms with Gasteiger partial charge in [0.05, 0.1) is 10.9 Å². The molecule has 0 unspecified atom stereocenters. The highest BCUT2D eigenvalue weighted by Gasteiger charge is 2.07. The summed E-state index contributed by atoms with van der Waals surface area (Å²) >= 11 is 0. The molecule has 0 saturated heterocycles. The Morgan fingerprint density at radius 1 is 1.50 bits per heavy atom. The average molecular weight is 165 g/mol. The van der Waals surface area contributed by atoms with Crippen molar-refractivity contribution in [2.45, 2.75) is 0 Å². The standard InChI is InChI=1S/C8H8FN3/c1-10-8-7-5(9)3-2-4-6(7)11-12-8/h2-4H,1H3,(H2,10,11,12). The van der Waals surface area contributed by atoms with Crippen LogP contribution in [0, 0.1) is 5.82 Å². The lowest BCUT2D eigenvalue weighted by atomic mass is 10.2. The summed E-state index contributed by atoms with van der Waals surface area (Å²) < 4.78 is 13.2. The third-order valence-corrected chi connectivity index (χ3v) is 1.78. The van der Waals surface area contributed by atoms with E-state index in [0.29, 0.717) is 16.7 Å². The van der Waals surface area contributed by atoms with Crippen LogP contribution in [0.25, 0.3) is 10.9 Å². The molecule has 0 spiro atoms. The number of hydrogen-bond acceptors (Lipinski definition) is 2. The largest absolute Gasteiger partial charge is 0.371 e. The van der Waals surface area contributed by atoms with Gasteiger partial charge in [0.2, 0.25) is 0 Å². The van der Waals surface area contributed by atoms with Gasteiger partial charge in [-0.3, -0.25) is 5.10 Å². The molecule has 1 aromatic heterocycles.